The summed E-state index contributed by atoms with van der Waals surface area (Å²) < 4.78 is 11.0. The molecule has 0 aliphatic heterocycles. The summed E-state index contributed by atoms with van der Waals surface area (Å²) in [6.07, 6.45) is 0. The standard InChI is InChI=1S/C19H24ClN3O2/c1-21-19(22-10-11-25-14-15-6-4-3-5-7-15)23-13-16-8-9-17(20)12-18(16)24-2/h3-9,12H,10-11,13-14H2,1-2H3,(H2,21,22,23). The van der Waals surface area contributed by atoms with Gasteiger partial charge in [0.1, 0.15) is 5.75 Å². The van der Waals surface area contributed by atoms with E-state index in [-0.39, 0.29) is 0 Å². The van der Waals surface area contributed by atoms with Gasteiger partial charge in [0.25, 0.3) is 0 Å². The number of hydrogen-bond acceptors (Lipinski definition) is 3. The molecule has 25 heavy (non-hydrogen) atoms. The first-order valence-corrected chi connectivity index (χ1v) is 8.49. The first kappa shape index (κ1) is 19.1. The largest absolute Gasteiger partial charge is 0.496 e. The predicted molar refractivity (Wildman–Crippen MR) is 102 cm³/mol. The third kappa shape index (κ3) is 6.64. The fourth-order valence-electron chi connectivity index (χ4n) is 2.27. The first-order chi connectivity index (χ1) is 12.2. The van der Waals surface area contributed by atoms with E-state index in [4.69, 9.17) is 21.1 Å². The predicted octanol–water partition coefficient (Wildman–Crippen LogP) is 3.23. The van der Waals surface area contributed by atoms with Gasteiger partial charge in [0, 0.05) is 30.7 Å². The lowest BCUT2D eigenvalue weighted by Crippen LogP contribution is -2.38. The Balaban J connectivity index is 1.70. The number of halogens is 1. The second kappa shape index (κ2) is 10.6. The van der Waals surface area contributed by atoms with Crippen molar-refractivity contribution in [2.75, 3.05) is 27.3 Å². The molecule has 2 rings (SSSR count). The van der Waals surface area contributed by atoms with Crippen molar-refractivity contribution in [3.63, 3.8) is 0 Å². The van der Waals surface area contributed by atoms with E-state index in [0.717, 1.165) is 11.3 Å². The van der Waals surface area contributed by atoms with E-state index in [1.807, 2.05) is 42.5 Å². The third-order valence-electron chi connectivity index (χ3n) is 3.57. The molecule has 2 N–H and O–H groups in total. The van der Waals surface area contributed by atoms with Gasteiger partial charge in [-0.15, -0.1) is 0 Å². The summed E-state index contributed by atoms with van der Waals surface area (Å²) in [6.45, 7) is 2.46. The second-order valence-electron chi connectivity index (χ2n) is 5.35. The maximum Gasteiger partial charge on any atom is 0.191 e. The number of rotatable bonds is 8. The number of nitrogens with zero attached hydrogens (tertiary/aromatic N) is 1. The highest BCUT2D eigenvalue weighted by Gasteiger charge is 2.05. The number of aliphatic imine (C=N–C) groups is 1. The Kier molecular flexibility index (Phi) is 8.09. The molecule has 2 aromatic rings. The lowest BCUT2D eigenvalue weighted by atomic mass is 10.2. The zero-order valence-electron chi connectivity index (χ0n) is 14.6. The molecule has 0 atom stereocenters. The monoisotopic (exact) mass is 361 g/mol. The van der Waals surface area contributed by atoms with Gasteiger partial charge in [0.05, 0.1) is 20.3 Å². The van der Waals surface area contributed by atoms with Crippen molar-refractivity contribution in [3.8, 4) is 5.75 Å². The molecule has 2 aromatic carbocycles. The van der Waals surface area contributed by atoms with Crippen LogP contribution in [0.1, 0.15) is 11.1 Å². The zero-order valence-corrected chi connectivity index (χ0v) is 15.3. The molecule has 0 unspecified atom stereocenters. The summed E-state index contributed by atoms with van der Waals surface area (Å²) in [4.78, 5) is 4.20. The van der Waals surface area contributed by atoms with Crippen molar-refractivity contribution in [2.24, 2.45) is 4.99 Å². The lowest BCUT2D eigenvalue weighted by Gasteiger charge is -2.14. The van der Waals surface area contributed by atoms with Crippen LogP contribution in [0.15, 0.2) is 53.5 Å². The van der Waals surface area contributed by atoms with E-state index in [0.29, 0.717) is 37.3 Å². The van der Waals surface area contributed by atoms with Crippen LogP contribution in [0.2, 0.25) is 5.02 Å². The van der Waals surface area contributed by atoms with Crippen LogP contribution in [0.25, 0.3) is 0 Å². The van der Waals surface area contributed by atoms with Crippen LogP contribution < -0.4 is 15.4 Å². The highest BCUT2D eigenvalue weighted by atomic mass is 35.5. The van der Waals surface area contributed by atoms with Crippen LogP contribution in [-0.4, -0.2) is 33.3 Å². The van der Waals surface area contributed by atoms with Crippen LogP contribution in [0.3, 0.4) is 0 Å². The molecule has 0 radical (unpaired) electrons. The Morgan fingerprint density at radius 1 is 1.12 bits per heavy atom. The summed E-state index contributed by atoms with van der Waals surface area (Å²) in [7, 11) is 3.37. The van der Waals surface area contributed by atoms with Gasteiger partial charge in [-0.25, -0.2) is 0 Å². The number of guanidine groups is 1. The second-order valence-corrected chi connectivity index (χ2v) is 5.78. The quantitative estimate of drug-likeness (QED) is 0.430. The first-order valence-electron chi connectivity index (χ1n) is 8.11. The van der Waals surface area contributed by atoms with E-state index < -0.39 is 0 Å². The van der Waals surface area contributed by atoms with E-state index in [1.165, 1.54) is 5.56 Å². The van der Waals surface area contributed by atoms with Crippen LogP contribution in [-0.2, 0) is 17.9 Å². The fourth-order valence-corrected chi connectivity index (χ4v) is 2.43. The van der Waals surface area contributed by atoms with E-state index in [9.17, 15) is 0 Å². The molecule has 0 saturated carbocycles. The van der Waals surface area contributed by atoms with E-state index in [1.54, 1.807) is 20.2 Å². The highest BCUT2D eigenvalue weighted by molar-refractivity contribution is 6.30. The average Bonchev–Trinajstić information content (AvgIpc) is 2.65. The van der Waals surface area contributed by atoms with Gasteiger partial charge in [0.15, 0.2) is 5.96 Å². The maximum atomic E-state index is 5.98. The molecule has 0 aliphatic rings. The minimum Gasteiger partial charge on any atom is -0.496 e. The van der Waals surface area contributed by atoms with E-state index >= 15 is 0 Å². The Morgan fingerprint density at radius 3 is 2.64 bits per heavy atom. The smallest absolute Gasteiger partial charge is 0.191 e. The van der Waals surface area contributed by atoms with Gasteiger partial charge in [-0.3, -0.25) is 4.99 Å². The third-order valence-corrected chi connectivity index (χ3v) is 3.80. The van der Waals surface area contributed by atoms with Crippen molar-refractivity contribution in [3.05, 3.63) is 64.7 Å². The number of hydrogen-bond donors (Lipinski definition) is 2. The summed E-state index contributed by atoms with van der Waals surface area (Å²) in [5.41, 5.74) is 2.18. The highest BCUT2D eigenvalue weighted by Crippen LogP contribution is 2.22. The summed E-state index contributed by atoms with van der Waals surface area (Å²) in [6, 6.07) is 15.7. The van der Waals surface area contributed by atoms with Crippen LogP contribution in [0.4, 0.5) is 0 Å². The van der Waals surface area contributed by atoms with Gasteiger partial charge < -0.3 is 20.1 Å². The van der Waals surface area contributed by atoms with Crippen molar-refractivity contribution in [1.29, 1.82) is 0 Å². The van der Waals surface area contributed by atoms with Gasteiger partial charge in [-0.2, -0.15) is 0 Å². The molecular formula is C19H24ClN3O2. The van der Waals surface area contributed by atoms with E-state index in [2.05, 4.69) is 15.6 Å². The Bertz CT molecular complexity index is 678. The molecule has 6 heteroatoms. The molecule has 0 heterocycles. The molecule has 0 saturated heterocycles. The van der Waals surface area contributed by atoms with Gasteiger partial charge in [-0.05, 0) is 17.7 Å². The number of ether oxygens (including phenoxy) is 2. The number of benzene rings is 2. The number of nitrogens with one attached hydrogen (secondary N) is 2. The van der Waals surface area contributed by atoms with Gasteiger partial charge in [0.2, 0.25) is 0 Å². The van der Waals surface area contributed by atoms with Crippen LogP contribution in [0, 0.1) is 0 Å². The summed E-state index contributed by atoms with van der Waals surface area (Å²) >= 11 is 5.98. The molecule has 5 nitrogen and oxygen atoms in total. The van der Waals surface area contributed by atoms with Gasteiger partial charge >= 0.3 is 0 Å². The molecule has 0 spiro atoms. The molecule has 0 fully saturated rings. The van der Waals surface area contributed by atoms with Crippen LogP contribution in [0.5, 0.6) is 5.75 Å². The normalized spacial score (nSPS) is 11.2. The summed E-state index contributed by atoms with van der Waals surface area (Å²) in [5, 5.41) is 7.12. The Hall–Kier alpha value is -2.24. The lowest BCUT2D eigenvalue weighted by molar-refractivity contribution is 0.125. The minimum absolute atomic E-state index is 0.588. The van der Waals surface area contributed by atoms with Crippen molar-refractivity contribution < 1.29 is 9.47 Å². The number of methoxy groups -OCH3 is 1. The Labute approximate surface area is 154 Å². The maximum absolute atomic E-state index is 5.98. The molecule has 134 valence electrons. The molecule has 0 aromatic heterocycles. The molecule has 0 aliphatic carbocycles. The Morgan fingerprint density at radius 2 is 1.92 bits per heavy atom. The molecular weight excluding hydrogens is 338 g/mol. The van der Waals surface area contributed by atoms with Gasteiger partial charge in [-0.1, -0.05) is 48.0 Å². The van der Waals surface area contributed by atoms with Crippen molar-refractivity contribution in [2.45, 2.75) is 13.2 Å². The molecule has 0 amide bonds. The van der Waals surface area contributed by atoms with Crippen molar-refractivity contribution >= 4 is 17.6 Å². The zero-order chi connectivity index (χ0) is 17.9. The topological polar surface area (TPSA) is 54.9 Å². The van der Waals surface area contributed by atoms with Crippen molar-refractivity contribution in [1.82, 2.24) is 10.6 Å². The fraction of sp³-hybridized carbons (Fsp3) is 0.316. The minimum atomic E-state index is 0.588. The summed E-state index contributed by atoms with van der Waals surface area (Å²) in [5.74, 6) is 1.46. The molecule has 0 bridgehead atoms. The van der Waals surface area contributed by atoms with Crippen LogP contribution >= 0.6 is 11.6 Å². The average molecular weight is 362 g/mol. The SMILES string of the molecule is CN=C(NCCOCc1ccccc1)NCc1ccc(Cl)cc1OC.